The fourth-order valence-corrected chi connectivity index (χ4v) is 2.85. The van der Waals surface area contributed by atoms with Gasteiger partial charge in [0.15, 0.2) is 11.5 Å². The second-order valence-electron chi connectivity index (χ2n) is 5.39. The molecule has 0 bridgehead atoms. The summed E-state index contributed by atoms with van der Waals surface area (Å²) in [5, 5.41) is 0. The van der Waals surface area contributed by atoms with Crippen LogP contribution < -0.4 is 15.2 Å². The van der Waals surface area contributed by atoms with Crippen LogP contribution in [0.4, 0.5) is 0 Å². The van der Waals surface area contributed by atoms with Crippen LogP contribution in [0, 0.1) is 5.92 Å². The van der Waals surface area contributed by atoms with Crippen molar-refractivity contribution in [2.75, 3.05) is 39.9 Å². The first-order valence-electron chi connectivity index (χ1n) is 7.51. The second-order valence-corrected chi connectivity index (χ2v) is 5.39. The molecule has 1 heterocycles. The van der Waals surface area contributed by atoms with Crippen molar-refractivity contribution < 1.29 is 9.47 Å². The lowest BCUT2D eigenvalue weighted by molar-refractivity contribution is 0.142. The van der Waals surface area contributed by atoms with Gasteiger partial charge in [-0.05, 0) is 50.4 Å². The molecule has 0 aliphatic carbocycles. The number of piperidine rings is 1. The van der Waals surface area contributed by atoms with E-state index in [0.29, 0.717) is 6.61 Å². The summed E-state index contributed by atoms with van der Waals surface area (Å²) in [5.41, 5.74) is 5.66. The number of ether oxygens (including phenoxy) is 2. The molecule has 0 aromatic heterocycles. The van der Waals surface area contributed by atoms with Crippen LogP contribution in [0.25, 0.3) is 0 Å². The van der Waals surface area contributed by atoms with Gasteiger partial charge in [-0.1, -0.05) is 12.1 Å². The zero-order chi connectivity index (χ0) is 14.2. The van der Waals surface area contributed by atoms with Crippen LogP contribution in [-0.4, -0.2) is 44.8 Å². The molecule has 1 unspecified atom stereocenters. The molecule has 0 radical (unpaired) electrons. The van der Waals surface area contributed by atoms with Crippen molar-refractivity contribution in [2.45, 2.75) is 19.3 Å². The van der Waals surface area contributed by atoms with Crippen LogP contribution in [0.5, 0.6) is 11.5 Å². The number of para-hydroxylation sites is 2. The molecule has 1 fully saturated rings. The Hall–Kier alpha value is -0.970. The molecule has 1 aromatic rings. The summed E-state index contributed by atoms with van der Waals surface area (Å²) in [6, 6.07) is 7.80. The van der Waals surface area contributed by atoms with Crippen LogP contribution in [-0.2, 0) is 0 Å². The minimum Gasteiger partial charge on any atom is -0.493 e. The maximum absolute atomic E-state index is 5.83. The molecule has 1 aliphatic rings. The van der Waals surface area contributed by atoms with E-state index in [9.17, 15) is 0 Å². The molecule has 1 aliphatic heterocycles. The first-order valence-corrected chi connectivity index (χ1v) is 7.51. The first-order chi connectivity index (χ1) is 9.83. The summed E-state index contributed by atoms with van der Waals surface area (Å²) in [6.45, 7) is 4.81. The quantitative estimate of drug-likeness (QED) is 0.840. The second kappa shape index (κ2) is 9.87. The fraction of sp³-hybridized carbons (Fsp3) is 0.625. The van der Waals surface area contributed by atoms with Crippen LogP contribution in [0.15, 0.2) is 24.3 Å². The van der Waals surface area contributed by atoms with E-state index in [4.69, 9.17) is 15.2 Å². The van der Waals surface area contributed by atoms with E-state index < -0.39 is 0 Å². The molecule has 0 spiro atoms. The monoisotopic (exact) mass is 314 g/mol. The minimum atomic E-state index is 0. The van der Waals surface area contributed by atoms with Gasteiger partial charge in [0.25, 0.3) is 0 Å². The Balaban J connectivity index is 0.00000220. The van der Waals surface area contributed by atoms with Crippen molar-refractivity contribution in [3.63, 3.8) is 0 Å². The lowest BCUT2D eigenvalue weighted by atomic mass is 9.95. The standard InChI is InChI=1S/C16H26N2O2.ClH/c1-19-15-6-2-3-7-16(15)20-12-11-18-10-4-5-14(13-18)8-9-17;/h2-3,6-7,14H,4-5,8-13,17H2,1H3;1H. The van der Waals surface area contributed by atoms with Crippen molar-refractivity contribution in [3.05, 3.63) is 24.3 Å². The number of hydrogen-bond acceptors (Lipinski definition) is 4. The zero-order valence-corrected chi connectivity index (χ0v) is 13.6. The average Bonchev–Trinajstić information content (AvgIpc) is 2.48. The lowest BCUT2D eigenvalue weighted by Gasteiger charge is -2.32. The van der Waals surface area contributed by atoms with E-state index in [2.05, 4.69) is 4.90 Å². The van der Waals surface area contributed by atoms with Gasteiger partial charge in [0.1, 0.15) is 6.61 Å². The summed E-state index contributed by atoms with van der Waals surface area (Å²) in [5.74, 6) is 2.39. The van der Waals surface area contributed by atoms with E-state index >= 15 is 0 Å². The summed E-state index contributed by atoms with van der Waals surface area (Å²) < 4.78 is 11.1. The minimum absolute atomic E-state index is 0. The number of halogens is 1. The maximum atomic E-state index is 5.83. The summed E-state index contributed by atoms with van der Waals surface area (Å²) in [6.07, 6.45) is 3.74. The zero-order valence-electron chi connectivity index (χ0n) is 12.8. The van der Waals surface area contributed by atoms with Gasteiger partial charge in [0.2, 0.25) is 0 Å². The van der Waals surface area contributed by atoms with Crippen molar-refractivity contribution in [2.24, 2.45) is 11.7 Å². The normalized spacial score (nSPS) is 18.9. The highest BCUT2D eigenvalue weighted by atomic mass is 35.5. The van der Waals surface area contributed by atoms with E-state index in [1.807, 2.05) is 24.3 Å². The van der Waals surface area contributed by atoms with Crippen LogP contribution >= 0.6 is 12.4 Å². The number of benzene rings is 1. The van der Waals surface area contributed by atoms with Crippen molar-refractivity contribution >= 4 is 12.4 Å². The van der Waals surface area contributed by atoms with Gasteiger partial charge in [-0.15, -0.1) is 12.4 Å². The van der Waals surface area contributed by atoms with Crippen LogP contribution in [0.2, 0.25) is 0 Å². The number of rotatable bonds is 7. The Labute approximate surface area is 134 Å². The predicted molar refractivity (Wildman–Crippen MR) is 88.6 cm³/mol. The molecule has 1 saturated heterocycles. The summed E-state index contributed by atoms with van der Waals surface area (Å²) >= 11 is 0. The fourth-order valence-electron chi connectivity index (χ4n) is 2.85. The SMILES string of the molecule is COc1ccccc1OCCN1CCCC(CCN)C1.Cl. The highest BCUT2D eigenvalue weighted by Crippen LogP contribution is 2.25. The Bertz CT molecular complexity index is 402. The van der Waals surface area contributed by atoms with Gasteiger partial charge in [-0.3, -0.25) is 4.90 Å². The molecular weight excluding hydrogens is 288 g/mol. The maximum Gasteiger partial charge on any atom is 0.161 e. The van der Waals surface area contributed by atoms with E-state index in [-0.39, 0.29) is 12.4 Å². The smallest absolute Gasteiger partial charge is 0.161 e. The molecule has 0 saturated carbocycles. The highest BCUT2D eigenvalue weighted by molar-refractivity contribution is 5.85. The number of nitrogens with two attached hydrogens (primary N) is 1. The Morgan fingerprint density at radius 2 is 2.05 bits per heavy atom. The van der Waals surface area contributed by atoms with E-state index in [1.54, 1.807) is 7.11 Å². The molecule has 2 rings (SSSR count). The Morgan fingerprint density at radius 3 is 2.76 bits per heavy atom. The lowest BCUT2D eigenvalue weighted by Crippen LogP contribution is -2.38. The van der Waals surface area contributed by atoms with Crippen molar-refractivity contribution in [3.8, 4) is 11.5 Å². The first kappa shape index (κ1) is 18.1. The third-order valence-corrected chi connectivity index (χ3v) is 3.91. The van der Waals surface area contributed by atoms with Crippen LogP contribution in [0.1, 0.15) is 19.3 Å². The largest absolute Gasteiger partial charge is 0.493 e. The van der Waals surface area contributed by atoms with Gasteiger partial charge >= 0.3 is 0 Å². The summed E-state index contributed by atoms with van der Waals surface area (Å²) in [4.78, 5) is 2.49. The molecule has 4 nitrogen and oxygen atoms in total. The Morgan fingerprint density at radius 1 is 1.29 bits per heavy atom. The van der Waals surface area contributed by atoms with Gasteiger partial charge < -0.3 is 15.2 Å². The van der Waals surface area contributed by atoms with Crippen molar-refractivity contribution in [1.82, 2.24) is 4.90 Å². The van der Waals surface area contributed by atoms with Crippen molar-refractivity contribution in [1.29, 1.82) is 0 Å². The number of nitrogens with zero attached hydrogens (tertiary/aromatic N) is 1. The molecule has 21 heavy (non-hydrogen) atoms. The molecular formula is C16H27ClN2O2. The topological polar surface area (TPSA) is 47.7 Å². The Kier molecular flexibility index (Phi) is 8.50. The predicted octanol–water partition coefficient (Wildman–Crippen LogP) is 2.56. The molecule has 5 heteroatoms. The van der Waals surface area contributed by atoms with E-state index in [0.717, 1.165) is 43.5 Å². The number of methoxy groups -OCH3 is 1. The van der Waals surface area contributed by atoms with Crippen LogP contribution in [0.3, 0.4) is 0 Å². The van der Waals surface area contributed by atoms with Gasteiger partial charge in [-0.2, -0.15) is 0 Å². The highest BCUT2D eigenvalue weighted by Gasteiger charge is 2.18. The average molecular weight is 315 g/mol. The van der Waals surface area contributed by atoms with Gasteiger partial charge in [0, 0.05) is 13.1 Å². The van der Waals surface area contributed by atoms with E-state index in [1.165, 1.54) is 19.4 Å². The molecule has 1 aromatic carbocycles. The third kappa shape index (κ3) is 5.73. The molecule has 1 atom stereocenters. The number of hydrogen-bond donors (Lipinski definition) is 1. The molecule has 2 N–H and O–H groups in total. The third-order valence-electron chi connectivity index (χ3n) is 3.91. The van der Waals surface area contributed by atoms with Gasteiger partial charge in [-0.25, -0.2) is 0 Å². The molecule has 0 amide bonds. The van der Waals surface area contributed by atoms with Gasteiger partial charge in [0.05, 0.1) is 7.11 Å². The molecule has 120 valence electrons. The number of likely N-dealkylation sites (tertiary alicyclic amines) is 1. The summed E-state index contributed by atoms with van der Waals surface area (Å²) in [7, 11) is 1.67.